The minimum absolute atomic E-state index is 0.178. The first kappa shape index (κ1) is 21.1. The van der Waals surface area contributed by atoms with Crippen molar-refractivity contribution in [3.05, 3.63) is 95.6 Å². The van der Waals surface area contributed by atoms with Crippen LogP contribution in [0.25, 0.3) is 0 Å². The van der Waals surface area contributed by atoms with Gasteiger partial charge in [0.15, 0.2) is 0 Å². The Kier molecular flexibility index (Phi) is 6.17. The van der Waals surface area contributed by atoms with Crippen molar-refractivity contribution in [2.45, 2.75) is 6.54 Å². The molecule has 0 aliphatic carbocycles. The number of benzene rings is 3. The Morgan fingerprint density at radius 2 is 1.50 bits per heavy atom. The standard InChI is InChI=1S/C22H21N3O4S/c1-30(28,29)25(15-16-7-3-2-4-8-16)18-13-11-17(12-14-18)22(27)24-20-10-6-5-9-19(20)21(23)26/h2-14H,15H2,1H3,(H2,23,26)(H,24,27). The van der Waals surface area contributed by atoms with Crippen LogP contribution < -0.4 is 15.4 Å². The van der Waals surface area contributed by atoms with Crippen LogP contribution in [0.1, 0.15) is 26.3 Å². The summed E-state index contributed by atoms with van der Waals surface area (Å²) in [5.41, 5.74) is 7.43. The molecule has 0 heterocycles. The second-order valence-electron chi connectivity index (χ2n) is 6.67. The second kappa shape index (κ2) is 8.79. The fourth-order valence-corrected chi connectivity index (χ4v) is 3.82. The number of hydrogen-bond acceptors (Lipinski definition) is 4. The van der Waals surface area contributed by atoms with Gasteiger partial charge in [-0.3, -0.25) is 13.9 Å². The third-order valence-electron chi connectivity index (χ3n) is 4.43. The van der Waals surface area contributed by atoms with Gasteiger partial charge in [-0.1, -0.05) is 42.5 Å². The van der Waals surface area contributed by atoms with Crippen molar-refractivity contribution in [2.75, 3.05) is 15.9 Å². The number of hydrogen-bond donors (Lipinski definition) is 2. The lowest BCUT2D eigenvalue weighted by molar-refractivity contribution is 0.100. The molecule has 0 atom stereocenters. The Morgan fingerprint density at radius 1 is 0.900 bits per heavy atom. The fourth-order valence-electron chi connectivity index (χ4n) is 2.93. The molecule has 0 aromatic heterocycles. The van der Waals surface area contributed by atoms with Crippen molar-refractivity contribution < 1.29 is 18.0 Å². The summed E-state index contributed by atoms with van der Waals surface area (Å²) in [4.78, 5) is 24.1. The van der Waals surface area contributed by atoms with Crippen LogP contribution in [0, 0.1) is 0 Å². The summed E-state index contributed by atoms with van der Waals surface area (Å²) >= 11 is 0. The van der Waals surface area contributed by atoms with Crippen LogP contribution in [0.5, 0.6) is 0 Å². The third-order valence-corrected chi connectivity index (χ3v) is 5.57. The predicted molar refractivity (Wildman–Crippen MR) is 117 cm³/mol. The Balaban J connectivity index is 1.82. The minimum Gasteiger partial charge on any atom is -0.366 e. The highest BCUT2D eigenvalue weighted by atomic mass is 32.2. The molecule has 0 aliphatic heterocycles. The molecular weight excluding hydrogens is 402 g/mol. The Hall–Kier alpha value is -3.65. The topological polar surface area (TPSA) is 110 Å². The second-order valence-corrected chi connectivity index (χ2v) is 8.57. The highest BCUT2D eigenvalue weighted by Crippen LogP contribution is 2.22. The SMILES string of the molecule is CS(=O)(=O)N(Cc1ccccc1)c1ccc(C(=O)Nc2ccccc2C(N)=O)cc1. The van der Waals surface area contributed by atoms with Crippen LogP contribution in [0.4, 0.5) is 11.4 Å². The van der Waals surface area contributed by atoms with E-state index in [0.717, 1.165) is 11.8 Å². The normalized spacial score (nSPS) is 11.0. The van der Waals surface area contributed by atoms with Gasteiger partial charge in [0, 0.05) is 5.56 Å². The molecule has 0 radical (unpaired) electrons. The average molecular weight is 423 g/mol. The van der Waals surface area contributed by atoms with Gasteiger partial charge < -0.3 is 11.1 Å². The van der Waals surface area contributed by atoms with Crippen molar-refractivity contribution >= 4 is 33.2 Å². The molecule has 0 saturated carbocycles. The summed E-state index contributed by atoms with van der Waals surface area (Å²) in [7, 11) is -3.53. The van der Waals surface area contributed by atoms with E-state index in [2.05, 4.69) is 5.32 Å². The minimum atomic E-state index is -3.53. The Labute approximate surface area is 175 Å². The van der Waals surface area contributed by atoms with Crippen LogP contribution in [0.15, 0.2) is 78.9 Å². The van der Waals surface area contributed by atoms with Crippen molar-refractivity contribution in [3.8, 4) is 0 Å². The lowest BCUT2D eigenvalue weighted by Gasteiger charge is -2.22. The van der Waals surface area contributed by atoms with E-state index in [9.17, 15) is 18.0 Å². The first-order chi connectivity index (χ1) is 14.3. The average Bonchev–Trinajstić information content (AvgIpc) is 2.72. The fraction of sp³-hybridized carbons (Fsp3) is 0.0909. The molecule has 0 fully saturated rings. The number of amides is 2. The van der Waals surface area contributed by atoms with E-state index in [-0.39, 0.29) is 12.1 Å². The summed E-state index contributed by atoms with van der Waals surface area (Å²) in [6.45, 7) is 0.178. The summed E-state index contributed by atoms with van der Waals surface area (Å²) < 4.78 is 25.9. The predicted octanol–water partition coefficient (Wildman–Crippen LogP) is 3.00. The molecule has 8 heteroatoms. The maximum Gasteiger partial charge on any atom is 0.255 e. The van der Waals surface area contributed by atoms with Gasteiger partial charge in [-0.2, -0.15) is 0 Å². The van der Waals surface area contributed by atoms with Gasteiger partial charge >= 0.3 is 0 Å². The molecule has 0 bridgehead atoms. The quantitative estimate of drug-likeness (QED) is 0.609. The van der Waals surface area contributed by atoms with E-state index in [1.165, 1.54) is 22.5 Å². The highest BCUT2D eigenvalue weighted by Gasteiger charge is 2.19. The van der Waals surface area contributed by atoms with E-state index < -0.39 is 21.8 Å². The number of carbonyl (C=O) groups excluding carboxylic acids is 2. The van der Waals surface area contributed by atoms with Gasteiger partial charge in [-0.15, -0.1) is 0 Å². The van der Waals surface area contributed by atoms with Crippen LogP contribution in [-0.2, 0) is 16.6 Å². The maximum atomic E-state index is 12.6. The number of anilines is 2. The van der Waals surface area contributed by atoms with Gasteiger partial charge in [-0.25, -0.2) is 8.42 Å². The lowest BCUT2D eigenvalue weighted by atomic mass is 10.1. The first-order valence-electron chi connectivity index (χ1n) is 9.07. The zero-order valence-corrected chi connectivity index (χ0v) is 17.1. The molecule has 7 nitrogen and oxygen atoms in total. The van der Waals surface area contributed by atoms with Gasteiger partial charge in [0.1, 0.15) is 0 Å². The molecule has 3 aromatic carbocycles. The Bertz CT molecular complexity index is 1160. The molecule has 3 aromatic rings. The number of nitrogens with one attached hydrogen (secondary N) is 1. The van der Waals surface area contributed by atoms with Crippen LogP contribution in [0.2, 0.25) is 0 Å². The molecule has 2 amide bonds. The smallest absolute Gasteiger partial charge is 0.255 e. The number of primary amides is 1. The van der Waals surface area contributed by atoms with Crippen molar-refractivity contribution in [3.63, 3.8) is 0 Å². The van der Waals surface area contributed by atoms with E-state index in [1.54, 1.807) is 30.3 Å². The molecule has 0 aliphatic rings. The zero-order chi connectivity index (χ0) is 21.7. The molecule has 30 heavy (non-hydrogen) atoms. The summed E-state index contributed by atoms with van der Waals surface area (Å²) in [5, 5.41) is 2.66. The van der Waals surface area contributed by atoms with E-state index >= 15 is 0 Å². The van der Waals surface area contributed by atoms with Gasteiger partial charge in [-0.05, 0) is 42.0 Å². The van der Waals surface area contributed by atoms with Crippen molar-refractivity contribution in [1.29, 1.82) is 0 Å². The van der Waals surface area contributed by atoms with Crippen LogP contribution >= 0.6 is 0 Å². The maximum absolute atomic E-state index is 12.6. The van der Waals surface area contributed by atoms with E-state index in [1.807, 2.05) is 30.3 Å². The van der Waals surface area contributed by atoms with E-state index in [0.29, 0.717) is 16.9 Å². The summed E-state index contributed by atoms with van der Waals surface area (Å²) in [5.74, 6) is -1.09. The number of nitrogens with two attached hydrogens (primary N) is 1. The molecule has 154 valence electrons. The number of nitrogens with zero attached hydrogens (tertiary/aromatic N) is 1. The van der Waals surface area contributed by atoms with Crippen LogP contribution in [0.3, 0.4) is 0 Å². The number of carbonyl (C=O) groups is 2. The third kappa shape index (κ3) is 5.03. The van der Waals surface area contributed by atoms with Gasteiger partial charge in [0.25, 0.3) is 11.8 Å². The highest BCUT2D eigenvalue weighted by molar-refractivity contribution is 7.92. The summed E-state index contributed by atoms with van der Waals surface area (Å²) in [6.07, 6.45) is 1.14. The van der Waals surface area contributed by atoms with Crippen LogP contribution in [-0.4, -0.2) is 26.5 Å². The Morgan fingerprint density at radius 3 is 2.10 bits per heavy atom. The molecular formula is C22H21N3O4S. The largest absolute Gasteiger partial charge is 0.366 e. The molecule has 3 rings (SSSR count). The number of sulfonamides is 1. The number of para-hydroxylation sites is 1. The van der Waals surface area contributed by atoms with Gasteiger partial charge in [0.2, 0.25) is 10.0 Å². The molecule has 0 unspecified atom stereocenters. The van der Waals surface area contributed by atoms with E-state index in [4.69, 9.17) is 5.73 Å². The van der Waals surface area contributed by atoms with Crippen molar-refractivity contribution in [2.24, 2.45) is 5.73 Å². The number of rotatable bonds is 7. The lowest BCUT2D eigenvalue weighted by Crippen LogP contribution is -2.29. The van der Waals surface area contributed by atoms with Crippen molar-refractivity contribution in [1.82, 2.24) is 0 Å². The van der Waals surface area contributed by atoms with Gasteiger partial charge in [0.05, 0.1) is 29.7 Å². The molecule has 3 N–H and O–H groups in total. The molecule has 0 saturated heterocycles. The molecule has 0 spiro atoms. The first-order valence-corrected chi connectivity index (χ1v) is 10.9. The monoisotopic (exact) mass is 423 g/mol. The summed E-state index contributed by atoms with van der Waals surface area (Å²) in [6, 6.07) is 21.9. The zero-order valence-electron chi connectivity index (χ0n) is 16.3.